The van der Waals surface area contributed by atoms with Gasteiger partial charge in [-0.05, 0) is 19.4 Å². The number of rotatable bonds is 4. The van der Waals surface area contributed by atoms with Gasteiger partial charge in [0.05, 0.1) is 6.04 Å². The Morgan fingerprint density at radius 2 is 1.73 bits per heavy atom. The molecule has 1 aromatic carbocycles. The molecule has 1 aliphatic rings. The third-order valence-electron chi connectivity index (χ3n) is 4.27. The first-order valence-corrected chi connectivity index (χ1v) is 7.80. The summed E-state index contributed by atoms with van der Waals surface area (Å²) in [6.07, 6.45) is 0. The molecule has 0 radical (unpaired) electrons. The van der Waals surface area contributed by atoms with Gasteiger partial charge in [0.15, 0.2) is 0 Å². The number of carbonyl (C=O) groups excluding carboxylic acids is 2. The third-order valence-corrected chi connectivity index (χ3v) is 4.27. The highest BCUT2D eigenvalue weighted by Crippen LogP contribution is 2.08. The average molecular weight is 303 g/mol. The van der Waals surface area contributed by atoms with Crippen molar-refractivity contribution in [2.75, 3.05) is 26.2 Å². The second-order valence-corrected chi connectivity index (χ2v) is 5.92. The second kappa shape index (κ2) is 7.40. The lowest BCUT2D eigenvalue weighted by Crippen LogP contribution is -2.54. The van der Waals surface area contributed by atoms with E-state index in [0.29, 0.717) is 19.6 Å². The maximum absolute atomic E-state index is 12.3. The zero-order chi connectivity index (χ0) is 16.1. The first-order chi connectivity index (χ1) is 10.5. The molecular weight excluding hydrogens is 278 g/mol. The number of amides is 2. The summed E-state index contributed by atoms with van der Waals surface area (Å²) >= 11 is 0. The standard InChI is InChI=1S/C17H25N3O2/c1-13-4-6-16(7-5-13)12-18-17(22)14(2)19-8-10-20(11-9-19)15(3)21/h4-7,14H,8-12H2,1-3H3,(H,18,22)/t14-/m0/s1. The van der Waals surface area contributed by atoms with Gasteiger partial charge in [-0.15, -0.1) is 0 Å². The summed E-state index contributed by atoms with van der Waals surface area (Å²) in [5, 5.41) is 2.99. The van der Waals surface area contributed by atoms with Crippen molar-refractivity contribution in [2.24, 2.45) is 0 Å². The molecule has 0 spiro atoms. The van der Waals surface area contributed by atoms with Gasteiger partial charge >= 0.3 is 0 Å². The van der Waals surface area contributed by atoms with E-state index < -0.39 is 0 Å². The van der Waals surface area contributed by atoms with Gasteiger partial charge in [-0.1, -0.05) is 29.8 Å². The van der Waals surface area contributed by atoms with Crippen molar-refractivity contribution in [3.05, 3.63) is 35.4 Å². The molecule has 5 heteroatoms. The molecule has 1 aliphatic heterocycles. The van der Waals surface area contributed by atoms with Crippen molar-refractivity contribution in [3.8, 4) is 0 Å². The van der Waals surface area contributed by atoms with Gasteiger partial charge < -0.3 is 10.2 Å². The molecule has 1 N–H and O–H groups in total. The summed E-state index contributed by atoms with van der Waals surface area (Å²) < 4.78 is 0. The molecule has 2 rings (SSSR count). The zero-order valence-electron chi connectivity index (χ0n) is 13.6. The van der Waals surface area contributed by atoms with E-state index in [4.69, 9.17) is 0 Å². The van der Waals surface area contributed by atoms with Crippen LogP contribution in [0.1, 0.15) is 25.0 Å². The van der Waals surface area contributed by atoms with E-state index in [1.165, 1.54) is 5.56 Å². The third kappa shape index (κ3) is 4.31. The van der Waals surface area contributed by atoms with Crippen LogP contribution < -0.4 is 5.32 Å². The van der Waals surface area contributed by atoms with Crippen LogP contribution in [0.15, 0.2) is 24.3 Å². The van der Waals surface area contributed by atoms with Crippen LogP contribution in [0.2, 0.25) is 0 Å². The highest BCUT2D eigenvalue weighted by Gasteiger charge is 2.26. The fourth-order valence-electron chi connectivity index (χ4n) is 2.63. The molecule has 1 heterocycles. The van der Waals surface area contributed by atoms with Crippen LogP contribution in [0.4, 0.5) is 0 Å². The Kier molecular flexibility index (Phi) is 5.55. The Hall–Kier alpha value is -1.88. The number of nitrogens with zero attached hydrogens (tertiary/aromatic N) is 2. The van der Waals surface area contributed by atoms with Crippen LogP contribution in [-0.4, -0.2) is 53.8 Å². The van der Waals surface area contributed by atoms with E-state index in [1.54, 1.807) is 6.92 Å². The predicted octanol–water partition coefficient (Wildman–Crippen LogP) is 1.16. The minimum atomic E-state index is -0.167. The van der Waals surface area contributed by atoms with Gasteiger partial charge in [-0.3, -0.25) is 14.5 Å². The predicted molar refractivity (Wildman–Crippen MR) is 86.3 cm³/mol. The SMILES string of the molecule is CC(=O)N1CCN([C@@H](C)C(=O)NCc2ccc(C)cc2)CC1. The molecule has 2 amide bonds. The van der Waals surface area contributed by atoms with Crippen LogP contribution in [0, 0.1) is 6.92 Å². The molecular formula is C17H25N3O2. The fraction of sp³-hybridized carbons (Fsp3) is 0.529. The molecule has 22 heavy (non-hydrogen) atoms. The summed E-state index contributed by atoms with van der Waals surface area (Å²) in [6.45, 7) is 9.01. The van der Waals surface area contributed by atoms with Crippen molar-refractivity contribution in [2.45, 2.75) is 33.4 Å². The van der Waals surface area contributed by atoms with E-state index in [-0.39, 0.29) is 17.9 Å². The van der Waals surface area contributed by atoms with Gasteiger partial charge in [0.2, 0.25) is 11.8 Å². The summed E-state index contributed by atoms with van der Waals surface area (Å²) in [4.78, 5) is 27.5. The molecule has 0 saturated carbocycles. The van der Waals surface area contributed by atoms with Gasteiger partial charge in [0.25, 0.3) is 0 Å². The molecule has 0 aliphatic carbocycles. The van der Waals surface area contributed by atoms with Gasteiger partial charge in [0, 0.05) is 39.6 Å². The number of aryl methyl sites for hydroxylation is 1. The van der Waals surface area contributed by atoms with Crippen LogP contribution >= 0.6 is 0 Å². The number of nitrogens with one attached hydrogen (secondary N) is 1. The lowest BCUT2D eigenvalue weighted by Gasteiger charge is -2.37. The van der Waals surface area contributed by atoms with E-state index in [1.807, 2.05) is 43.0 Å². The lowest BCUT2D eigenvalue weighted by atomic mass is 10.1. The van der Waals surface area contributed by atoms with Crippen molar-refractivity contribution in [1.82, 2.24) is 15.1 Å². The maximum atomic E-state index is 12.3. The summed E-state index contributed by atoms with van der Waals surface area (Å²) in [6, 6.07) is 8.00. The Bertz CT molecular complexity index is 519. The summed E-state index contributed by atoms with van der Waals surface area (Å²) in [7, 11) is 0. The van der Waals surface area contributed by atoms with Crippen LogP contribution in [0.5, 0.6) is 0 Å². The topological polar surface area (TPSA) is 52.7 Å². The van der Waals surface area contributed by atoms with Gasteiger partial charge in [-0.2, -0.15) is 0 Å². The molecule has 0 aromatic heterocycles. The lowest BCUT2D eigenvalue weighted by molar-refractivity contribution is -0.132. The zero-order valence-corrected chi connectivity index (χ0v) is 13.6. The van der Waals surface area contributed by atoms with Crippen LogP contribution in [-0.2, 0) is 16.1 Å². The van der Waals surface area contributed by atoms with E-state index >= 15 is 0 Å². The first-order valence-electron chi connectivity index (χ1n) is 7.80. The second-order valence-electron chi connectivity index (χ2n) is 5.92. The number of piperazine rings is 1. The van der Waals surface area contributed by atoms with Gasteiger partial charge in [0.1, 0.15) is 0 Å². The molecule has 0 unspecified atom stereocenters. The molecule has 1 atom stereocenters. The monoisotopic (exact) mass is 303 g/mol. The normalized spacial score (nSPS) is 17.1. The Morgan fingerprint density at radius 1 is 1.14 bits per heavy atom. The Balaban J connectivity index is 1.80. The first kappa shape index (κ1) is 16.5. The van der Waals surface area contributed by atoms with Crippen molar-refractivity contribution in [1.29, 1.82) is 0 Å². The highest BCUT2D eigenvalue weighted by atomic mass is 16.2. The minimum Gasteiger partial charge on any atom is -0.351 e. The molecule has 120 valence electrons. The van der Waals surface area contributed by atoms with Crippen molar-refractivity contribution >= 4 is 11.8 Å². The summed E-state index contributed by atoms with van der Waals surface area (Å²) in [5.74, 6) is 0.146. The Labute approximate surface area is 132 Å². The number of hydrogen-bond acceptors (Lipinski definition) is 3. The number of hydrogen-bond donors (Lipinski definition) is 1. The minimum absolute atomic E-state index is 0.0388. The number of carbonyl (C=O) groups is 2. The van der Waals surface area contributed by atoms with Crippen molar-refractivity contribution in [3.63, 3.8) is 0 Å². The quantitative estimate of drug-likeness (QED) is 0.908. The van der Waals surface area contributed by atoms with Crippen molar-refractivity contribution < 1.29 is 9.59 Å². The van der Waals surface area contributed by atoms with Crippen LogP contribution in [0.25, 0.3) is 0 Å². The Morgan fingerprint density at radius 3 is 2.27 bits per heavy atom. The summed E-state index contributed by atoms with van der Waals surface area (Å²) in [5.41, 5.74) is 2.32. The smallest absolute Gasteiger partial charge is 0.237 e. The van der Waals surface area contributed by atoms with E-state index in [0.717, 1.165) is 18.7 Å². The maximum Gasteiger partial charge on any atom is 0.237 e. The fourth-order valence-corrected chi connectivity index (χ4v) is 2.63. The molecule has 0 bridgehead atoms. The molecule has 5 nitrogen and oxygen atoms in total. The van der Waals surface area contributed by atoms with E-state index in [9.17, 15) is 9.59 Å². The molecule has 1 fully saturated rings. The highest BCUT2D eigenvalue weighted by molar-refractivity contribution is 5.81. The average Bonchev–Trinajstić information content (AvgIpc) is 2.53. The van der Waals surface area contributed by atoms with Crippen LogP contribution in [0.3, 0.4) is 0 Å². The number of benzene rings is 1. The molecule has 1 saturated heterocycles. The molecule has 1 aromatic rings. The van der Waals surface area contributed by atoms with E-state index in [2.05, 4.69) is 10.2 Å². The largest absolute Gasteiger partial charge is 0.351 e. The van der Waals surface area contributed by atoms with Gasteiger partial charge in [-0.25, -0.2) is 0 Å².